The first-order chi connectivity index (χ1) is 9.47. The number of hydrogen-bond donors (Lipinski definition) is 1. The molecule has 1 aliphatic rings. The average molecular weight is 280 g/mol. The largest absolute Gasteiger partial charge is 0.481 e. The quantitative estimate of drug-likeness (QED) is 0.876. The second-order valence-electron chi connectivity index (χ2n) is 5.41. The van der Waals surface area contributed by atoms with E-state index >= 15 is 0 Å². The highest BCUT2D eigenvalue weighted by molar-refractivity contribution is 5.76. The van der Waals surface area contributed by atoms with Crippen molar-refractivity contribution >= 4 is 11.9 Å². The van der Waals surface area contributed by atoms with Crippen molar-refractivity contribution in [3.8, 4) is 0 Å². The molecule has 1 aromatic heterocycles. The van der Waals surface area contributed by atoms with Crippen molar-refractivity contribution in [2.24, 2.45) is 0 Å². The summed E-state index contributed by atoms with van der Waals surface area (Å²) in [4.78, 5) is 24.8. The summed E-state index contributed by atoms with van der Waals surface area (Å²) in [6.07, 6.45) is 4.55. The van der Waals surface area contributed by atoms with E-state index in [2.05, 4.69) is 24.2 Å². The van der Waals surface area contributed by atoms with Gasteiger partial charge in [-0.25, -0.2) is 4.68 Å². The molecule has 2 heterocycles. The summed E-state index contributed by atoms with van der Waals surface area (Å²) in [6.45, 7) is 4.23. The minimum Gasteiger partial charge on any atom is -0.481 e. The second-order valence-corrected chi connectivity index (χ2v) is 5.41. The van der Waals surface area contributed by atoms with E-state index in [0.717, 1.165) is 19.3 Å². The van der Waals surface area contributed by atoms with Crippen LogP contribution in [0.3, 0.4) is 0 Å². The van der Waals surface area contributed by atoms with Crippen LogP contribution in [0.4, 0.5) is 0 Å². The number of aliphatic carboxylic acids is 1. The zero-order chi connectivity index (χ0) is 14.7. The molecule has 2 unspecified atom stereocenters. The van der Waals surface area contributed by atoms with Gasteiger partial charge in [-0.15, -0.1) is 5.10 Å². The number of carbonyl (C=O) groups excluding carboxylic acids is 1. The summed E-state index contributed by atoms with van der Waals surface area (Å²) in [5, 5.41) is 16.2. The Morgan fingerprint density at radius 1 is 1.35 bits per heavy atom. The van der Waals surface area contributed by atoms with Crippen LogP contribution in [0.25, 0.3) is 0 Å². The van der Waals surface area contributed by atoms with Crippen molar-refractivity contribution in [1.82, 2.24) is 19.9 Å². The molecule has 1 aliphatic heterocycles. The standard InChI is InChI=1S/C13H20N4O3/c1-9-4-3-5-10(2)17(9)12(18)8-16-7-11(14-15-16)6-13(19)20/h7,9-10H,3-6,8H2,1-2H3,(H,19,20). The molecule has 7 heteroatoms. The Balaban J connectivity index is 2.00. The molecule has 0 aliphatic carbocycles. The van der Waals surface area contributed by atoms with Crippen LogP contribution >= 0.6 is 0 Å². The van der Waals surface area contributed by atoms with Crippen molar-refractivity contribution in [3.63, 3.8) is 0 Å². The fourth-order valence-corrected chi connectivity index (χ4v) is 2.78. The van der Waals surface area contributed by atoms with Gasteiger partial charge in [0.05, 0.1) is 12.1 Å². The van der Waals surface area contributed by atoms with Gasteiger partial charge in [-0.2, -0.15) is 0 Å². The van der Waals surface area contributed by atoms with E-state index in [0.29, 0.717) is 5.69 Å². The van der Waals surface area contributed by atoms with Gasteiger partial charge >= 0.3 is 5.97 Å². The number of piperidine rings is 1. The Bertz CT molecular complexity index is 490. The van der Waals surface area contributed by atoms with E-state index in [1.807, 2.05) is 4.90 Å². The molecule has 0 spiro atoms. The molecular weight excluding hydrogens is 260 g/mol. The van der Waals surface area contributed by atoms with Crippen molar-refractivity contribution in [3.05, 3.63) is 11.9 Å². The van der Waals surface area contributed by atoms with Crippen LogP contribution in [0.2, 0.25) is 0 Å². The molecule has 0 aromatic carbocycles. The fourth-order valence-electron chi connectivity index (χ4n) is 2.78. The number of carbonyl (C=O) groups is 2. The molecule has 0 saturated carbocycles. The van der Waals surface area contributed by atoms with Crippen LogP contribution in [0, 0.1) is 0 Å². The summed E-state index contributed by atoms with van der Waals surface area (Å²) < 4.78 is 1.41. The normalized spacial score (nSPS) is 22.8. The number of aromatic nitrogens is 3. The van der Waals surface area contributed by atoms with Crippen LogP contribution in [0.5, 0.6) is 0 Å². The van der Waals surface area contributed by atoms with E-state index in [9.17, 15) is 9.59 Å². The molecule has 20 heavy (non-hydrogen) atoms. The third kappa shape index (κ3) is 3.34. The number of likely N-dealkylation sites (tertiary alicyclic amines) is 1. The molecule has 2 atom stereocenters. The molecular formula is C13H20N4O3. The first-order valence-electron chi connectivity index (χ1n) is 6.89. The zero-order valence-corrected chi connectivity index (χ0v) is 11.8. The maximum Gasteiger partial charge on any atom is 0.309 e. The van der Waals surface area contributed by atoms with Gasteiger partial charge in [0.15, 0.2) is 0 Å². The highest BCUT2D eigenvalue weighted by atomic mass is 16.4. The molecule has 1 N–H and O–H groups in total. The predicted molar refractivity (Wildman–Crippen MR) is 71.0 cm³/mol. The molecule has 2 rings (SSSR count). The Morgan fingerprint density at radius 2 is 2.00 bits per heavy atom. The van der Waals surface area contributed by atoms with E-state index in [1.54, 1.807) is 0 Å². The van der Waals surface area contributed by atoms with Crippen LogP contribution in [-0.4, -0.2) is 49.0 Å². The average Bonchev–Trinajstić information content (AvgIpc) is 2.75. The van der Waals surface area contributed by atoms with Crippen molar-refractivity contribution < 1.29 is 14.7 Å². The molecule has 1 saturated heterocycles. The third-order valence-electron chi connectivity index (χ3n) is 3.70. The Morgan fingerprint density at radius 3 is 2.60 bits per heavy atom. The summed E-state index contributed by atoms with van der Waals surface area (Å²) in [5.41, 5.74) is 0.366. The summed E-state index contributed by atoms with van der Waals surface area (Å²) >= 11 is 0. The minimum atomic E-state index is -0.957. The van der Waals surface area contributed by atoms with Crippen LogP contribution < -0.4 is 0 Å². The predicted octanol–water partition coefficient (Wildman–Crippen LogP) is 0.695. The first-order valence-corrected chi connectivity index (χ1v) is 6.89. The fraction of sp³-hybridized carbons (Fsp3) is 0.692. The number of hydrogen-bond acceptors (Lipinski definition) is 4. The van der Waals surface area contributed by atoms with E-state index in [1.165, 1.54) is 10.9 Å². The van der Waals surface area contributed by atoms with E-state index < -0.39 is 5.97 Å². The lowest BCUT2D eigenvalue weighted by atomic mass is 9.97. The van der Waals surface area contributed by atoms with Gasteiger partial charge < -0.3 is 10.0 Å². The van der Waals surface area contributed by atoms with Gasteiger partial charge in [0.2, 0.25) is 5.91 Å². The maximum atomic E-state index is 12.3. The monoisotopic (exact) mass is 280 g/mol. The van der Waals surface area contributed by atoms with Gasteiger partial charge in [-0.1, -0.05) is 5.21 Å². The SMILES string of the molecule is CC1CCCC(C)N1C(=O)Cn1cc(CC(=O)O)nn1. The third-order valence-corrected chi connectivity index (χ3v) is 3.70. The van der Waals surface area contributed by atoms with Crippen molar-refractivity contribution in [2.75, 3.05) is 0 Å². The van der Waals surface area contributed by atoms with Crippen LogP contribution in [-0.2, 0) is 22.6 Å². The highest BCUT2D eigenvalue weighted by Crippen LogP contribution is 2.22. The molecule has 110 valence electrons. The molecule has 1 fully saturated rings. The van der Waals surface area contributed by atoms with Gasteiger partial charge in [-0.3, -0.25) is 9.59 Å². The summed E-state index contributed by atoms with van der Waals surface area (Å²) in [6, 6.07) is 0.488. The first kappa shape index (κ1) is 14.5. The van der Waals surface area contributed by atoms with Crippen molar-refractivity contribution in [2.45, 2.75) is 58.2 Å². The molecule has 1 amide bonds. The smallest absolute Gasteiger partial charge is 0.309 e. The molecule has 0 bridgehead atoms. The minimum absolute atomic E-state index is 0.0106. The van der Waals surface area contributed by atoms with Crippen LogP contribution in [0.1, 0.15) is 38.8 Å². The van der Waals surface area contributed by atoms with Gasteiger partial charge in [-0.05, 0) is 33.1 Å². The highest BCUT2D eigenvalue weighted by Gasteiger charge is 2.29. The van der Waals surface area contributed by atoms with Crippen LogP contribution in [0.15, 0.2) is 6.20 Å². The lowest BCUT2D eigenvalue weighted by Crippen LogP contribution is -2.48. The molecule has 7 nitrogen and oxygen atoms in total. The van der Waals surface area contributed by atoms with E-state index in [4.69, 9.17) is 5.11 Å². The second kappa shape index (κ2) is 6.02. The number of carboxylic acid groups (broad SMARTS) is 1. The Kier molecular flexibility index (Phi) is 4.36. The summed E-state index contributed by atoms with van der Waals surface area (Å²) in [5.74, 6) is -0.946. The Labute approximate surface area is 117 Å². The topological polar surface area (TPSA) is 88.3 Å². The lowest BCUT2D eigenvalue weighted by molar-refractivity contribution is -0.138. The number of amides is 1. The number of carboxylic acids is 1. The molecule has 0 radical (unpaired) electrons. The number of nitrogens with zero attached hydrogens (tertiary/aromatic N) is 4. The summed E-state index contributed by atoms with van der Waals surface area (Å²) in [7, 11) is 0. The maximum absolute atomic E-state index is 12.3. The zero-order valence-electron chi connectivity index (χ0n) is 11.8. The number of rotatable bonds is 4. The Hall–Kier alpha value is -1.92. The molecule has 1 aromatic rings. The van der Waals surface area contributed by atoms with Gasteiger partial charge in [0.25, 0.3) is 0 Å². The van der Waals surface area contributed by atoms with Gasteiger partial charge in [0, 0.05) is 18.3 Å². The van der Waals surface area contributed by atoms with Crippen molar-refractivity contribution in [1.29, 1.82) is 0 Å². The lowest BCUT2D eigenvalue weighted by Gasteiger charge is -2.39. The van der Waals surface area contributed by atoms with Gasteiger partial charge in [0.1, 0.15) is 6.54 Å². The van der Waals surface area contributed by atoms with E-state index in [-0.39, 0.29) is 31.0 Å².